The molecule has 2 atom stereocenters. The average Bonchev–Trinajstić information content (AvgIpc) is 3.99. The molecular formula is C48H42Cl2F2N10. The minimum Gasteiger partial charge on any atom is -0.327 e. The first-order valence-corrected chi connectivity index (χ1v) is 21.2. The molecule has 2 aliphatic rings. The molecule has 2 unspecified atom stereocenters. The summed E-state index contributed by atoms with van der Waals surface area (Å²) in [5, 5.41) is 14.9. The normalized spacial score (nSPS) is 16.6. The largest absolute Gasteiger partial charge is 0.327 e. The first kappa shape index (κ1) is 41.2. The maximum Gasteiger partial charge on any atom is 0.132 e. The predicted octanol–water partition coefficient (Wildman–Crippen LogP) is 11.4. The number of fused-ring (bicyclic) bond motifs is 2. The molecule has 4 N–H and O–H groups in total. The molecule has 0 fully saturated rings. The summed E-state index contributed by atoms with van der Waals surface area (Å²) in [5.41, 5.74) is 18.5. The fraction of sp³-hybridized carbons (Fsp3) is 0.208. The molecular weight excluding hydrogens is 825 g/mol. The summed E-state index contributed by atoms with van der Waals surface area (Å²) < 4.78 is 28.9. The molecule has 14 heteroatoms. The van der Waals surface area contributed by atoms with Crippen LogP contribution in [0.3, 0.4) is 0 Å². The van der Waals surface area contributed by atoms with E-state index in [1.54, 1.807) is 24.5 Å². The van der Waals surface area contributed by atoms with E-state index in [0.717, 1.165) is 71.7 Å². The standard InChI is InChI=1S/C25H23ClFN5.C23H19ClFN5/c1-32(2)18-6-3-15(4-7-18)16-11-24-23(28-13-16)10-9-22(30-24)20-14-29-31-25(20)19-12-17(26)5-8-21(19)27;24-15-3-6-19(25)17(10-15)23-18(12-28-30-23)20-7-8-21-22(29-20)9-14(11-27-21)13-1-4-16(26)5-2-13/h3,5,8-14,18H,4,6-7H2,1-2H3,(H,29,31);1,3,6-12,16H,2,4-5,26H2,(H,28,30). The lowest BCUT2D eigenvalue weighted by Gasteiger charge is -2.27. The highest BCUT2D eigenvalue weighted by Gasteiger charge is 2.20. The maximum absolute atomic E-state index is 14.5. The molecule has 6 heterocycles. The van der Waals surface area contributed by atoms with Crippen LogP contribution in [-0.4, -0.2) is 71.4 Å². The van der Waals surface area contributed by atoms with Gasteiger partial charge in [-0.2, -0.15) is 10.2 Å². The first-order chi connectivity index (χ1) is 30.1. The van der Waals surface area contributed by atoms with Gasteiger partial charge < -0.3 is 10.6 Å². The minimum absolute atomic E-state index is 0.235. The van der Waals surface area contributed by atoms with Crippen molar-refractivity contribution in [3.63, 3.8) is 0 Å². The molecule has 6 aromatic heterocycles. The van der Waals surface area contributed by atoms with Crippen molar-refractivity contribution in [2.24, 2.45) is 5.73 Å². The number of nitrogens with two attached hydrogens (primary N) is 1. The van der Waals surface area contributed by atoms with E-state index in [-0.39, 0.29) is 17.7 Å². The van der Waals surface area contributed by atoms with Gasteiger partial charge in [0, 0.05) is 56.8 Å². The zero-order chi connectivity index (χ0) is 42.9. The van der Waals surface area contributed by atoms with Crippen molar-refractivity contribution in [3.8, 4) is 45.0 Å². The Hall–Kier alpha value is -6.18. The van der Waals surface area contributed by atoms with Crippen molar-refractivity contribution in [2.75, 3.05) is 14.1 Å². The quantitative estimate of drug-likeness (QED) is 0.144. The lowest BCUT2D eigenvalue weighted by Crippen LogP contribution is -2.28. The number of H-pyrrole nitrogens is 2. The molecule has 0 aliphatic heterocycles. The fourth-order valence-electron chi connectivity index (χ4n) is 8.08. The molecule has 2 aliphatic carbocycles. The van der Waals surface area contributed by atoms with Crippen LogP contribution < -0.4 is 5.73 Å². The van der Waals surface area contributed by atoms with Gasteiger partial charge in [-0.1, -0.05) is 35.4 Å². The molecule has 2 aromatic carbocycles. The number of hydrogen-bond donors (Lipinski definition) is 3. The van der Waals surface area contributed by atoms with Crippen LogP contribution >= 0.6 is 23.2 Å². The number of hydrogen-bond acceptors (Lipinski definition) is 8. The van der Waals surface area contributed by atoms with Gasteiger partial charge in [0.25, 0.3) is 0 Å². The van der Waals surface area contributed by atoms with Gasteiger partial charge in [0.15, 0.2) is 0 Å². The van der Waals surface area contributed by atoms with Crippen molar-refractivity contribution in [1.82, 2.24) is 45.2 Å². The minimum atomic E-state index is -0.378. The Morgan fingerprint density at radius 1 is 0.597 bits per heavy atom. The highest BCUT2D eigenvalue weighted by atomic mass is 35.5. The van der Waals surface area contributed by atoms with Gasteiger partial charge in [-0.25, -0.2) is 18.7 Å². The van der Waals surface area contributed by atoms with Crippen LogP contribution in [0.4, 0.5) is 8.78 Å². The molecule has 10 rings (SSSR count). The summed E-state index contributed by atoms with van der Waals surface area (Å²) in [6.45, 7) is 0. The molecule has 0 saturated heterocycles. The van der Waals surface area contributed by atoms with E-state index < -0.39 is 0 Å². The zero-order valence-corrected chi connectivity index (χ0v) is 35.5. The lowest BCUT2D eigenvalue weighted by atomic mass is 9.91. The third-order valence-electron chi connectivity index (χ3n) is 11.6. The Balaban J connectivity index is 0.000000158. The number of pyridine rings is 4. The third-order valence-corrected chi connectivity index (χ3v) is 12.1. The van der Waals surface area contributed by atoms with E-state index in [9.17, 15) is 8.78 Å². The first-order valence-electron chi connectivity index (χ1n) is 20.4. The van der Waals surface area contributed by atoms with Crippen LogP contribution in [-0.2, 0) is 0 Å². The van der Waals surface area contributed by atoms with Crippen molar-refractivity contribution in [1.29, 1.82) is 0 Å². The molecule has 0 radical (unpaired) electrons. The Morgan fingerprint density at radius 2 is 1.10 bits per heavy atom. The molecule has 62 heavy (non-hydrogen) atoms. The van der Waals surface area contributed by atoms with Gasteiger partial charge in [0.1, 0.15) is 11.6 Å². The second-order valence-corrected chi connectivity index (χ2v) is 16.7. The maximum atomic E-state index is 14.5. The summed E-state index contributed by atoms with van der Waals surface area (Å²) in [6.07, 6.45) is 17.6. The second-order valence-electron chi connectivity index (χ2n) is 15.9. The number of allylic oxidation sites excluding steroid dienone is 2. The lowest BCUT2D eigenvalue weighted by molar-refractivity contribution is 0.277. The molecule has 10 nitrogen and oxygen atoms in total. The second kappa shape index (κ2) is 17.7. The van der Waals surface area contributed by atoms with Gasteiger partial charge >= 0.3 is 0 Å². The van der Waals surface area contributed by atoms with Crippen LogP contribution in [0.2, 0.25) is 10.0 Å². The highest BCUT2D eigenvalue weighted by Crippen LogP contribution is 2.36. The number of rotatable bonds is 7. The number of aromatic amines is 2. The number of benzene rings is 2. The van der Waals surface area contributed by atoms with E-state index in [1.165, 1.54) is 35.4 Å². The number of halogens is 4. The molecule has 0 amide bonds. The zero-order valence-electron chi connectivity index (χ0n) is 34.0. The summed E-state index contributed by atoms with van der Waals surface area (Å²) in [4.78, 5) is 21.1. The van der Waals surface area contributed by atoms with Gasteiger partial charge in [0.2, 0.25) is 0 Å². The van der Waals surface area contributed by atoms with Gasteiger partial charge in [-0.15, -0.1) is 0 Å². The topological polar surface area (TPSA) is 138 Å². The van der Waals surface area contributed by atoms with Crippen LogP contribution in [0.25, 0.3) is 78.2 Å². The number of nitrogens with one attached hydrogen (secondary N) is 2. The highest BCUT2D eigenvalue weighted by molar-refractivity contribution is 6.31. The Morgan fingerprint density at radius 3 is 1.55 bits per heavy atom. The van der Waals surface area contributed by atoms with E-state index in [0.29, 0.717) is 61.1 Å². The smallest absolute Gasteiger partial charge is 0.132 e. The molecule has 0 saturated carbocycles. The van der Waals surface area contributed by atoms with Gasteiger partial charge in [0.05, 0.1) is 57.2 Å². The monoisotopic (exact) mass is 866 g/mol. The average molecular weight is 868 g/mol. The van der Waals surface area contributed by atoms with E-state index in [4.69, 9.17) is 38.9 Å². The SMILES string of the molecule is CN(C)C1CC=C(c2cnc3ccc(-c4cn[nH]c4-c4cc(Cl)ccc4F)nc3c2)CC1.NC1CC=C(c2cnc3ccc(-c4cn[nH]c4-c4cc(Cl)ccc4F)nc3c2)CC1. The number of aromatic nitrogens is 8. The molecule has 8 aromatic rings. The third kappa shape index (κ3) is 8.64. The molecule has 0 spiro atoms. The Labute approximate surface area is 367 Å². The predicted molar refractivity (Wildman–Crippen MR) is 244 cm³/mol. The van der Waals surface area contributed by atoms with E-state index >= 15 is 0 Å². The van der Waals surface area contributed by atoms with Crippen LogP contribution in [0, 0.1) is 11.6 Å². The summed E-state index contributed by atoms with van der Waals surface area (Å²) in [7, 11) is 4.26. The molecule has 0 bridgehead atoms. The fourth-order valence-corrected chi connectivity index (χ4v) is 8.43. The van der Waals surface area contributed by atoms with Crippen LogP contribution in [0.1, 0.15) is 49.7 Å². The van der Waals surface area contributed by atoms with Crippen LogP contribution in [0.5, 0.6) is 0 Å². The summed E-state index contributed by atoms with van der Waals surface area (Å²) in [5.74, 6) is -0.748. The van der Waals surface area contributed by atoms with Gasteiger partial charge in [-0.3, -0.25) is 20.2 Å². The number of nitrogens with zero attached hydrogens (tertiary/aromatic N) is 7. The van der Waals surface area contributed by atoms with Crippen molar-refractivity contribution < 1.29 is 8.78 Å². The van der Waals surface area contributed by atoms with E-state index in [2.05, 4.69) is 67.6 Å². The van der Waals surface area contributed by atoms with Crippen molar-refractivity contribution in [3.05, 3.63) is 143 Å². The summed E-state index contributed by atoms with van der Waals surface area (Å²) >= 11 is 12.2. The Kier molecular flexibility index (Phi) is 11.7. The van der Waals surface area contributed by atoms with Crippen molar-refractivity contribution >= 4 is 56.4 Å². The molecule has 312 valence electrons. The van der Waals surface area contributed by atoms with Crippen LogP contribution in [0.15, 0.2) is 110 Å². The Bertz CT molecular complexity index is 3010. The van der Waals surface area contributed by atoms with Crippen molar-refractivity contribution in [2.45, 2.75) is 50.6 Å². The van der Waals surface area contributed by atoms with Gasteiger partial charge in [-0.05, 0) is 148 Å². The van der Waals surface area contributed by atoms with E-state index in [1.807, 2.05) is 42.7 Å². The summed E-state index contributed by atoms with van der Waals surface area (Å²) in [6, 6.07) is 21.5.